The normalized spacial score (nSPS) is 11.6. The van der Waals surface area contributed by atoms with Crippen LogP contribution in [-0.4, -0.2) is 15.6 Å². The van der Waals surface area contributed by atoms with E-state index in [1.165, 1.54) is 12.1 Å². The molecule has 8 heteroatoms. The van der Waals surface area contributed by atoms with Crippen molar-refractivity contribution in [2.45, 2.75) is 6.18 Å². The van der Waals surface area contributed by atoms with Crippen molar-refractivity contribution >= 4 is 21.8 Å². The predicted molar refractivity (Wildman–Crippen MR) is 67.3 cm³/mol. The molecule has 1 aromatic carbocycles. The lowest BCUT2D eigenvalue weighted by molar-refractivity contribution is -0.137. The number of nitrogen functional groups attached to an aromatic ring is 1. The number of halogens is 4. The maximum absolute atomic E-state index is 12.5. The Bertz CT molecular complexity index is 633. The molecule has 0 fully saturated rings. The molecule has 0 saturated carbocycles. The van der Waals surface area contributed by atoms with Gasteiger partial charge in [0.25, 0.3) is 0 Å². The molecule has 0 aliphatic carbocycles. The van der Waals surface area contributed by atoms with Gasteiger partial charge in [0.15, 0.2) is 0 Å². The second kappa shape index (κ2) is 4.69. The SMILES string of the molecule is N=C(N)c1ccc(-n2cc(C(F)(F)F)cn2)cc1Br. The third kappa shape index (κ3) is 2.78. The van der Waals surface area contributed by atoms with Crippen LogP contribution in [0.2, 0.25) is 0 Å². The number of benzene rings is 1. The molecule has 0 amide bonds. The van der Waals surface area contributed by atoms with E-state index in [2.05, 4.69) is 21.0 Å². The lowest BCUT2D eigenvalue weighted by atomic mass is 10.2. The van der Waals surface area contributed by atoms with Gasteiger partial charge in [-0.05, 0) is 34.1 Å². The van der Waals surface area contributed by atoms with Gasteiger partial charge < -0.3 is 5.73 Å². The van der Waals surface area contributed by atoms with Crippen molar-refractivity contribution in [2.75, 3.05) is 0 Å². The van der Waals surface area contributed by atoms with Crippen LogP contribution in [0.5, 0.6) is 0 Å². The molecule has 0 unspecified atom stereocenters. The van der Waals surface area contributed by atoms with E-state index < -0.39 is 11.7 Å². The standard InChI is InChI=1S/C11H8BrF3N4/c12-9-3-7(1-2-8(9)10(16)17)19-5-6(4-18-19)11(13,14)15/h1-5H,(H3,16,17). The van der Waals surface area contributed by atoms with Crippen LogP contribution in [0.1, 0.15) is 11.1 Å². The largest absolute Gasteiger partial charge is 0.419 e. The second-order valence-electron chi connectivity index (χ2n) is 3.75. The quantitative estimate of drug-likeness (QED) is 0.655. The van der Waals surface area contributed by atoms with Crippen LogP contribution in [-0.2, 0) is 6.18 Å². The summed E-state index contributed by atoms with van der Waals surface area (Å²) in [5.74, 6) is -0.130. The van der Waals surface area contributed by atoms with Crippen molar-refractivity contribution in [1.29, 1.82) is 5.41 Å². The predicted octanol–water partition coefficient (Wildman–Crippen LogP) is 2.94. The number of nitrogens with two attached hydrogens (primary N) is 1. The molecule has 0 spiro atoms. The first-order chi connectivity index (χ1) is 8.79. The van der Waals surface area contributed by atoms with Crippen molar-refractivity contribution in [3.8, 4) is 5.69 Å². The number of aromatic nitrogens is 2. The number of hydrogen-bond donors (Lipinski definition) is 2. The smallest absolute Gasteiger partial charge is 0.384 e. The fourth-order valence-corrected chi connectivity index (χ4v) is 2.06. The summed E-state index contributed by atoms with van der Waals surface area (Å²) >= 11 is 3.21. The highest BCUT2D eigenvalue weighted by Gasteiger charge is 2.32. The van der Waals surface area contributed by atoms with Crippen LogP contribution in [0.3, 0.4) is 0 Å². The minimum Gasteiger partial charge on any atom is -0.384 e. The summed E-state index contributed by atoms with van der Waals surface area (Å²) < 4.78 is 39.0. The van der Waals surface area contributed by atoms with E-state index in [1.807, 2.05) is 0 Å². The van der Waals surface area contributed by atoms with Gasteiger partial charge in [-0.1, -0.05) is 0 Å². The molecule has 0 bridgehead atoms. The number of hydrogen-bond acceptors (Lipinski definition) is 2. The van der Waals surface area contributed by atoms with Crippen molar-refractivity contribution in [2.24, 2.45) is 5.73 Å². The Morgan fingerprint density at radius 3 is 2.53 bits per heavy atom. The molecule has 0 aliphatic rings. The Hall–Kier alpha value is -1.83. The number of amidine groups is 1. The van der Waals surface area contributed by atoms with Crippen LogP contribution in [0.4, 0.5) is 13.2 Å². The molecular weight excluding hydrogens is 325 g/mol. The Morgan fingerprint density at radius 2 is 2.05 bits per heavy atom. The number of nitrogens with zero attached hydrogens (tertiary/aromatic N) is 2. The second-order valence-corrected chi connectivity index (χ2v) is 4.60. The van der Waals surface area contributed by atoms with Gasteiger partial charge in [0.2, 0.25) is 0 Å². The monoisotopic (exact) mass is 332 g/mol. The van der Waals surface area contributed by atoms with E-state index in [0.717, 1.165) is 17.1 Å². The first-order valence-electron chi connectivity index (χ1n) is 5.05. The maximum Gasteiger partial charge on any atom is 0.419 e. The number of alkyl halides is 3. The summed E-state index contributed by atoms with van der Waals surface area (Å²) in [6.07, 6.45) is -2.77. The van der Waals surface area contributed by atoms with E-state index in [9.17, 15) is 13.2 Å². The first kappa shape index (κ1) is 13.6. The van der Waals surface area contributed by atoms with Gasteiger partial charge in [-0.15, -0.1) is 0 Å². The zero-order chi connectivity index (χ0) is 14.2. The van der Waals surface area contributed by atoms with E-state index in [4.69, 9.17) is 11.1 Å². The Morgan fingerprint density at radius 1 is 1.37 bits per heavy atom. The van der Waals surface area contributed by atoms with Crippen molar-refractivity contribution in [3.05, 3.63) is 46.2 Å². The van der Waals surface area contributed by atoms with Crippen LogP contribution < -0.4 is 5.73 Å². The fourth-order valence-electron chi connectivity index (χ4n) is 1.48. The van der Waals surface area contributed by atoms with Crippen LogP contribution in [0, 0.1) is 5.41 Å². The zero-order valence-corrected chi connectivity index (χ0v) is 11.0. The molecule has 2 aromatic rings. The first-order valence-corrected chi connectivity index (χ1v) is 5.84. The highest BCUT2D eigenvalue weighted by molar-refractivity contribution is 9.10. The van der Waals surface area contributed by atoms with E-state index >= 15 is 0 Å². The lowest BCUT2D eigenvalue weighted by Gasteiger charge is -2.06. The van der Waals surface area contributed by atoms with Crippen LogP contribution >= 0.6 is 15.9 Å². The topological polar surface area (TPSA) is 67.7 Å². The minimum absolute atomic E-state index is 0.130. The highest BCUT2D eigenvalue weighted by atomic mass is 79.9. The lowest BCUT2D eigenvalue weighted by Crippen LogP contribution is -2.12. The highest BCUT2D eigenvalue weighted by Crippen LogP contribution is 2.29. The van der Waals surface area contributed by atoms with Gasteiger partial charge in [0, 0.05) is 16.2 Å². The third-order valence-electron chi connectivity index (χ3n) is 2.42. The molecule has 19 heavy (non-hydrogen) atoms. The summed E-state index contributed by atoms with van der Waals surface area (Å²) in [6.45, 7) is 0. The third-order valence-corrected chi connectivity index (χ3v) is 3.07. The average Bonchev–Trinajstić information content (AvgIpc) is 2.76. The summed E-state index contributed by atoms with van der Waals surface area (Å²) in [5.41, 5.74) is 5.43. The van der Waals surface area contributed by atoms with Gasteiger partial charge in [0.1, 0.15) is 5.84 Å². The van der Waals surface area contributed by atoms with Crippen molar-refractivity contribution in [1.82, 2.24) is 9.78 Å². The van der Waals surface area contributed by atoms with E-state index in [-0.39, 0.29) is 5.84 Å². The molecule has 1 aromatic heterocycles. The van der Waals surface area contributed by atoms with Gasteiger partial charge in [-0.3, -0.25) is 5.41 Å². The van der Waals surface area contributed by atoms with E-state index in [1.54, 1.807) is 6.07 Å². The fraction of sp³-hybridized carbons (Fsp3) is 0.0909. The van der Waals surface area contributed by atoms with Gasteiger partial charge in [-0.25, -0.2) is 4.68 Å². The maximum atomic E-state index is 12.5. The number of rotatable bonds is 2. The van der Waals surface area contributed by atoms with E-state index in [0.29, 0.717) is 15.7 Å². The zero-order valence-electron chi connectivity index (χ0n) is 9.37. The molecule has 0 aliphatic heterocycles. The van der Waals surface area contributed by atoms with Gasteiger partial charge >= 0.3 is 6.18 Å². The molecule has 0 saturated heterocycles. The molecule has 0 radical (unpaired) electrons. The average molecular weight is 333 g/mol. The Balaban J connectivity index is 2.40. The van der Waals surface area contributed by atoms with Crippen LogP contribution in [0.15, 0.2) is 35.1 Å². The molecule has 1 heterocycles. The van der Waals surface area contributed by atoms with Gasteiger partial charge in [0.05, 0.1) is 17.4 Å². The number of nitrogens with one attached hydrogen (secondary N) is 1. The summed E-state index contributed by atoms with van der Waals surface area (Å²) in [6, 6.07) is 4.62. The summed E-state index contributed by atoms with van der Waals surface area (Å²) in [7, 11) is 0. The minimum atomic E-state index is -4.42. The molecular formula is C11H8BrF3N4. The molecule has 3 N–H and O–H groups in total. The Kier molecular flexibility index (Phi) is 3.36. The van der Waals surface area contributed by atoms with Gasteiger partial charge in [-0.2, -0.15) is 18.3 Å². The van der Waals surface area contributed by atoms with Crippen molar-refractivity contribution in [3.63, 3.8) is 0 Å². The summed E-state index contributed by atoms with van der Waals surface area (Å²) in [5, 5.41) is 11.0. The summed E-state index contributed by atoms with van der Waals surface area (Å²) in [4.78, 5) is 0. The molecule has 100 valence electrons. The molecule has 0 atom stereocenters. The van der Waals surface area contributed by atoms with Crippen molar-refractivity contribution < 1.29 is 13.2 Å². The Labute approximate surface area is 114 Å². The molecule has 4 nitrogen and oxygen atoms in total. The van der Waals surface area contributed by atoms with Crippen LogP contribution in [0.25, 0.3) is 5.69 Å². The molecule has 2 rings (SSSR count).